The highest BCUT2D eigenvalue weighted by Gasteiger charge is 2.24. The van der Waals surface area contributed by atoms with Crippen molar-refractivity contribution in [3.05, 3.63) is 0 Å². The van der Waals surface area contributed by atoms with Gasteiger partial charge in [-0.25, -0.2) is 0 Å². The molecule has 1 rings (SSSR count). The number of piperazine rings is 1. The first-order valence-electron chi connectivity index (χ1n) is 4.57. The Morgan fingerprint density at radius 1 is 1.00 bits per heavy atom. The monoisotopic (exact) mass is 308 g/mol. The second kappa shape index (κ2) is 8.17. The van der Waals surface area contributed by atoms with E-state index in [1.807, 2.05) is 0 Å². The molecule has 1 fully saturated rings. The molecule has 0 amide bonds. The zero-order chi connectivity index (χ0) is 8.48. The van der Waals surface area contributed by atoms with Gasteiger partial charge in [0.2, 0.25) is 0 Å². The van der Waals surface area contributed by atoms with Gasteiger partial charge in [0.1, 0.15) is 0 Å². The smallest absolute Gasteiger partial charge is 0.0912 e. The molecule has 1 aliphatic rings. The van der Waals surface area contributed by atoms with E-state index < -0.39 is 0 Å². The standard InChI is InChI=1S/C9H21N2.BrH.2ClH/c1-9(2)10-5-7-11(3,4)8-6-10;;;/h9H,5-8H2,1-4H3;3*1H/q+1;;;/p-1. The molecule has 0 bridgehead atoms. The number of nitrogens with zero attached hydrogens (tertiary/aromatic N) is 2. The molecule has 0 aromatic rings. The minimum atomic E-state index is 0. The highest BCUT2D eigenvalue weighted by molar-refractivity contribution is 5.85. The van der Waals surface area contributed by atoms with Gasteiger partial charge in [-0.3, -0.25) is 4.90 Å². The SMILES string of the molecule is CC(C)N1CC[N+](C)(C)CC1.Cl.Cl.[Br-]. The van der Waals surface area contributed by atoms with E-state index in [0.29, 0.717) is 0 Å². The van der Waals surface area contributed by atoms with E-state index in [0.717, 1.165) is 6.04 Å². The number of likely N-dealkylation sites (N-methyl/N-ethyl adjacent to an activating group) is 1. The Balaban J connectivity index is -0.000000403. The van der Waals surface area contributed by atoms with Crippen LogP contribution in [-0.4, -0.2) is 55.7 Å². The zero-order valence-electron chi connectivity index (χ0n) is 9.49. The molecule has 0 aliphatic carbocycles. The topological polar surface area (TPSA) is 3.24 Å². The first kappa shape index (κ1) is 20.4. The van der Waals surface area contributed by atoms with Gasteiger partial charge in [-0.15, -0.1) is 24.8 Å². The van der Waals surface area contributed by atoms with Crippen LogP contribution in [0.1, 0.15) is 13.8 Å². The molecular formula is C9H23BrCl2N2. The fourth-order valence-corrected chi connectivity index (χ4v) is 1.54. The van der Waals surface area contributed by atoms with Crippen molar-refractivity contribution in [3.8, 4) is 0 Å². The summed E-state index contributed by atoms with van der Waals surface area (Å²) in [5, 5.41) is 0. The Hall–Kier alpha value is 0.980. The average Bonchev–Trinajstić information content (AvgIpc) is 1.86. The van der Waals surface area contributed by atoms with Crippen molar-refractivity contribution in [1.29, 1.82) is 0 Å². The lowest BCUT2D eigenvalue weighted by molar-refractivity contribution is -0.894. The summed E-state index contributed by atoms with van der Waals surface area (Å²) in [7, 11) is 4.63. The van der Waals surface area contributed by atoms with Gasteiger partial charge in [0.25, 0.3) is 0 Å². The minimum absolute atomic E-state index is 0. The van der Waals surface area contributed by atoms with E-state index in [-0.39, 0.29) is 41.8 Å². The van der Waals surface area contributed by atoms with Crippen molar-refractivity contribution >= 4 is 24.8 Å². The Morgan fingerprint density at radius 3 is 1.64 bits per heavy atom. The summed E-state index contributed by atoms with van der Waals surface area (Å²) < 4.78 is 1.20. The summed E-state index contributed by atoms with van der Waals surface area (Å²) >= 11 is 0. The molecule has 0 aromatic carbocycles. The summed E-state index contributed by atoms with van der Waals surface area (Å²) in [6.45, 7) is 9.71. The Kier molecular flexibility index (Phi) is 11.9. The fourth-order valence-electron chi connectivity index (χ4n) is 1.54. The predicted octanol–water partition coefficient (Wildman–Crippen LogP) is -1.37. The summed E-state index contributed by atoms with van der Waals surface area (Å²) in [6.07, 6.45) is 0. The summed E-state index contributed by atoms with van der Waals surface area (Å²) in [5.74, 6) is 0. The van der Waals surface area contributed by atoms with Gasteiger partial charge >= 0.3 is 0 Å². The minimum Gasteiger partial charge on any atom is -1.00 e. The van der Waals surface area contributed by atoms with E-state index in [4.69, 9.17) is 0 Å². The van der Waals surface area contributed by atoms with Crippen LogP contribution in [0, 0.1) is 0 Å². The van der Waals surface area contributed by atoms with E-state index in [1.54, 1.807) is 0 Å². The van der Waals surface area contributed by atoms with Crippen LogP contribution in [0.15, 0.2) is 0 Å². The van der Waals surface area contributed by atoms with Gasteiger partial charge < -0.3 is 21.5 Å². The van der Waals surface area contributed by atoms with Gasteiger partial charge in [0, 0.05) is 19.1 Å². The van der Waals surface area contributed by atoms with Crippen LogP contribution in [0.4, 0.5) is 0 Å². The van der Waals surface area contributed by atoms with Gasteiger partial charge in [-0.2, -0.15) is 0 Å². The molecule has 0 N–H and O–H groups in total. The maximum atomic E-state index is 2.56. The number of halogens is 3. The van der Waals surface area contributed by atoms with Gasteiger partial charge in [-0.1, -0.05) is 0 Å². The van der Waals surface area contributed by atoms with Crippen LogP contribution >= 0.6 is 24.8 Å². The maximum absolute atomic E-state index is 2.56. The summed E-state index contributed by atoms with van der Waals surface area (Å²) in [5.41, 5.74) is 0. The van der Waals surface area contributed by atoms with Crippen LogP contribution < -0.4 is 17.0 Å². The fraction of sp³-hybridized carbons (Fsp3) is 1.00. The molecule has 1 aliphatic heterocycles. The van der Waals surface area contributed by atoms with Crippen molar-refractivity contribution in [2.24, 2.45) is 0 Å². The second-order valence-electron chi connectivity index (χ2n) is 4.51. The summed E-state index contributed by atoms with van der Waals surface area (Å²) in [6, 6.07) is 0.732. The van der Waals surface area contributed by atoms with Crippen molar-refractivity contribution in [3.63, 3.8) is 0 Å². The van der Waals surface area contributed by atoms with Crippen LogP contribution in [0.25, 0.3) is 0 Å². The molecule has 1 heterocycles. The number of quaternary nitrogens is 1. The molecule has 0 spiro atoms. The molecule has 14 heavy (non-hydrogen) atoms. The Bertz CT molecular complexity index is 133. The van der Waals surface area contributed by atoms with E-state index >= 15 is 0 Å². The maximum Gasteiger partial charge on any atom is 0.0912 e. The van der Waals surface area contributed by atoms with Crippen molar-refractivity contribution in [2.45, 2.75) is 19.9 Å². The van der Waals surface area contributed by atoms with Crippen molar-refractivity contribution < 1.29 is 21.5 Å². The normalized spacial score (nSPS) is 20.4. The Morgan fingerprint density at radius 2 is 1.36 bits per heavy atom. The molecule has 2 nitrogen and oxygen atoms in total. The molecule has 5 heteroatoms. The van der Waals surface area contributed by atoms with E-state index in [2.05, 4.69) is 32.8 Å². The Labute approximate surface area is 111 Å². The van der Waals surface area contributed by atoms with Crippen LogP contribution in [0.5, 0.6) is 0 Å². The molecule has 0 saturated carbocycles. The number of hydrogen-bond donors (Lipinski definition) is 0. The third kappa shape index (κ3) is 6.46. The van der Waals surface area contributed by atoms with Crippen molar-refractivity contribution in [1.82, 2.24) is 4.90 Å². The van der Waals surface area contributed by atoms with Gasteiger partial charge in [0.05, 0.1) is 27.2 Å². The predicted molar refractivity (Wildman–Crippen MR) is 63.0 cm³/mol. The van der Waals surface area contributed by atoms with Gasteiger partial charge in [-0.05, 0) is 13.8 Å². The number of rotatable bonds is 1. The number of hydrogen-bond acceptors (Lipinski definition) is 1. The lowest BCUT2D eigenvalue weighted by Crippen LogP contribution is -3.00. The summed E-state index contributed by atoms with van der Waals surface area (Å²) in [4.78, 5) is 2.56. The molecule has 0 radical (unpaired) electrons. The largest absolute Gasteiger partial charge is 1.00 e. The highest BCUT2D eigenvalue weighted by Crippen LogP contribution is 2.08. The lowest BCUT2D eigenvalue weighted by atomic mass is 10.2. The van der Waals surface area contributed by atoms with Crippen LogP contribution in [0.2, 0.25) is 0 Å². The third-order valence-electron chi connectivity index (χ3n) is 2.72. The first-order chi connectivity index (χ1) is 5.01. The average molecular weight is 310 g/mol. The third-order valence-corrected chi connectivity index (χ3v) is 2.72. The van der Waals surface area contributed by atoms with E-state index in [9.17, 15) is 0 Å². The molecular weight excluding hydrogens is 287 g/mol. The van der Waals surface area contributed by atoms with Crippen LogP contribution in [0.3, 0.4) is 0 Å². The quantitative estimate of drug-likeness (QED) is 0.541. The van der Waals surface area contributed by atoms with Crippen LogP contribution in [-0.2, 0) is 0 Å². The molecule has 0 atom stereocenters. The molecule has 0 aromatic heterocycles. The van der Waals surface area contributed by atoms with Crippen molar-refractivity contribution in [2.75, 3.05) is 40.3 Å². The lowest BCUT2D eigenvalue weighted by Gasteiger charge is -2.40. The van der Waals surface area contributed by atoms with Gasteiger partial charge in [0.15, 0.2) is 0 Å². The molecule has 90 valence electrons. The zero-order valence-corrected chi connectivity index (χ0v) is 12.7. The molecule has 1 saturated heterocycles. The highest BCUT2D eigenvalue weighted by atomic mass is 79.9. The van der Waals surface area contributed by atoms with E-state index in [1.165, 1.54) is 30.7 Å². The second-order valence-corrected chi connectivity index (χ2v) is 4.51. The molecule has 0 unspecified atom stereocenters. The first-order valence-corrected chi connectivity index (χ1v) is 4.57.